The molecular formula is C16H30N2O3. The maximum Gasteiger partial charge on any atom is 0.317 e. The van der Waals surface area contributed by atoms with Crippen LogP contribution in [0.2, 0.25) is 0 Å². The Morgan fingerprint density at radius 1 is 1.19 bits per heavy atom. The van der Waals surface area contributed by atoms with E-state index in [-0.39, 0.29) is 18.0 Å². The van der Waals surface area contributed by atoms with Crippen LogP contribution in [0, 0.1) is 17.8 Å². The van der Waals surface area contributed by atoms with Gasteiger partial charge in [-0.05, 0) is 50.9 Å². The highest BCUT2D eigenvalue weighted by Gasteiger charge is 2.26. The molecule has 122 valence electrons. The van der Waals surface area contributed by atoms with Gasteiger partial charge in [-0.15, -0.1) is 0 Å². The van der Waals surface area contributed by atoms with E-state index in [4.69, 9.17) is 5.11 Å². The standard InChI is InChI=1S/C16H30N2O3/c1-11(2)9-12(3)18(4)16(21)17-10-13-5-7-14(8-6-13)15(19)20/h11-14H,5-10H2,1-4H3,(H,17,21)(H,19,20). The van der Waals surface area contributed by atoms with Gasteiger partial charge in [0, 0.05) is 19.6 Å². The topological polar surface area (TPSA) is 69.6 Å². The number of nitrogens with zero attached hydrogens (tertiary/aromatic N) is 1. The molecule has 1 rings (SSSR count). The number of nitrogens with one attached hydrogen (secondary N) is 1. The van der Waals surface area contributed by atoms with E-state index in [1.165, 1.54) is 0 Å². The molecule has 1 atom stereocenters. The van der Waals surface area contributed by atoms with Crippen molar-refractivity contribution in [1.29, 1.82) is 0 Å². The lowest BCUT2D eigenvalue weighted by atomic mass is 9.82. The van der Waals surface area contributed by atoms with Gasteiger partial charge in [0.25, 0.3) is 0 Å². The van der Waals surface area contributed by atoms with Gasteiger partial charge < -0.3 is 15.3 Å². The molecule has 0 spiro atoms. The van der Waals surface area contributed by atoms with Crippen LogP contribution < -0.4 is 5.32 Å². The monoisotopic (exact) mass is 298 g/mol. The Labute approximate surface area is 128 Å². The van der Waals surface area contributed by atoms with Crippen LogP contribution in [0.1, 0.15) is 52.9 Å². The first kappa shape index (κ1) is 17.8. The summed E-state index contributed by atoms with van der Waals surface area (Å²) in [5.41, 5.74) is 0. The van der Waals surface area contributed by atoms with Crippen molar-refractivity contribution in [2.45, 2.75) is 58.9 Å². The Bertz CT molecular complexity index is 349. The van der Waals surface area contributed by atoms with Crippen molar-refractivity contribution < 1.29 is 14.7 Å². The fraction of sp³-hybridized carbons (Fsp3) is 0.875. The van der Waals surface area contributed by atoms with E-state index in [1.807, 2.05) is 7.05 Å². The molecule has 1 saturated carbocycles. The second kappa shape index (κ2) is 8.25. The number of urea groups is 1. The minimum atomic E-state index is -0.681. The summed E-state index contributed by atoms with van der Waals surface area (Å²) in [6, 6.07) is 0.205. The van der Waals surface area contributed by atoms with Crippen LogP contribution in [0.5, 0.6) is 0 Å². The molecule has 1 unspecified atom stereocenters. The second-order valence-corrected chi connectivity index (χ2v) is 6.83. The van der Waals surface area contributed by atoms with Crippen molar-refractivity contribution in [3.63, 3.8) is 0 Å². The maximum absolute atomic E-state index is 12.1. The second-order valence-electron chi connectivity index (χ2n) is 6.83. The molecule has 0 aromatic heterocycles. The van der Waals surface area contributed by atoms with Crippen LogP contribution in [-0.2, 0) is 4.79 Å². The predicted molar refractivity (Wildman–Crippen MR) is 83.2 cm³/mol. The highest BCUT2D eigenvalue weighted by molar-refractivity contribution is 5.74. The average molecular weight is 298 g/mol. The number of carbonyl (C=O) groups excluding carboxylic acids is 1. The summed E-state index contributed by atoms with van der Waals surface area (Å²) in [5.74, 6) is 0.116. The number of hydrogen-bond donors (Lipinski definition) is 2. The zero-order valence-corrected chi connectivity index (χ0v) is 13.8. The SMILES string of the molecule is CC(C)CC(C)N(C)C(=O)NCC1CCC(C(=O)O)CC1. The summed E-state index contributed by atoms with van der Waals surface area (Å²) < 4.78 is 0. The summed E-state index contributed by atoms with van der Waals surface area (Å²) in [7, 11) is 1.84. The van der Waals surface area contributed by atoms with Gasteiger partial charge in [0.2, 0.25) is 0 Å². The first-order chi connectivity index (χ1) is 9.81. The van der Waals surface area contributed by atoms with Gasteiger partial charge in [-0.25, -0.2) is 4.79 Å². The summed E-state index contributed by atoms with van der Waals surface area (Å²) in [6.07, 6.45) is 4.24. The molecule has 1 aliphatic carbocycles. The van der Waals surface area contributed by atoms with Gasteiger partial charge >= 0.3 is 12.0 Å². The van der Waals surface area contributed by atoms with Crippen LogP contribution >= 0.6 is 0 Å². The van der Waals surface area contributed by atoms with Crippen molar-refractivity contribution in [2.24, 2.45) is 17.8 Å². The molecule has 2 amide bonds. The highest BCUT2D eigenvalue weighted by Crippen LogP contribution is 2.28. The van der Waals surface area contributed by atoms with Gasteiger partial charge in [-0.1, -0.05) is 13.8 Å². The molecule has 1 fully saturated rings. The van der Waals surface area contributed by atoms with Crippen molar-refractivity contribution >= 4 is 12.0 Å². The fourth-order valence-corrected chi connectivity index (χ4v) is 3.01. The van der Waals surface area contributed by atoms with E-state index in [2.05, 4.69) is 26.1 Å². The van der Waals surface area contributed by atoms with Gasteiger partial charge in [0.05, 0.1) is 5.92 Å². The molecular weight excluding hydrogens is 268 g/mol. The van der Waals surface area contributed by atoms with Gasteiger partial charge in [-0.2, -0.15) is 0 Å². The molecule has 1 aliphatic rings. The van der Waals surface area contributed by atoms with E-state index < -0.39 is 5.97 Å². The maximum atomic E-state index is 12.1. The third kappa shape index (κ3) is 5.94. The average Bonchev–Trinajstić information content (AvgIpc) is 2.43. The minimum Gasteiger partial charge on any atom is -0.481 e. The minimum absolute atomic E-state index is 0.0245. The normalized spacial score (nSPS) is 23.7. The molecule has 2 N–H and O–H groups in total. The molecule has 0 radical (unpaired) electrons. The predicted octanol–water partition coefficient (Wildman–Crippen LogP) is 2.95. The van der Waals surface area contributed by atoms with E-state index in [0.717, 1.165) is 32.1 Å². The molecule has 0 heterocycles. The zero-order valence-electron chi connectivity index (χ0n) is 13.8. The smallest absolute Gasteiger partial charge is 0.317 e. The Kier molecular flexibility index (Phi) is 6.99. The van der Waals surface area contributed by atoms with Crippen molar-refractivity contribution in [3.8, 4) is 0 Å². The van der Waals surface area contributed by atoms with Crippen LogP contribution in [0.25, 0.3) is 0 Å². The van der Waals surface area contributed by atoms with Crippen LogP contribution in [-0.4, -0.2) is 41.6 Å². The number of aliphatic carboxylic acids is 1. The number of carboxylic acid groups (broad SMARTS) is 1. The largest absolute Gasteiger partial charge is 0.481 e. The van der Waals surface area contributed by atoms with E-state index in [9.17, 15) is 9.59 Å². The number of carboxylic acids is 1. The van der Waals surface area contributed by atoms with E-state index in [0.29, 0.717) is 18.4 Å². The fourth-order valence-electron chi connectivity index (χ4n) is 3.01. The third-order valence-corrected chi connectivity index (χ3v) is 4.53. The summed E-state index contributed by atoms with van der Waals surface area (Å²) in [4.78, 5) is 24.8. The van der Waals surface area contributed by atoms with Crippen LogP contribution in [0.3, 0.4) is 0 Å². The summed E-state index contributed by atoms with van der Waals surface area (Å²) in [5, 5.41) is 12.0. The summed E-state index contributed by atoms with van der Waals surface area (Å²) >= 11 is 0. The molecule has 5 heteroatoms. The molecule has 21 heavy (non-hydrogen) atoms. The Morgan fingerprint density at radius 3 is 2.24 bits per heavy atom. The number of rotatable bonds is 6. The van der Waals surface area contributed by atoms with Crippen LogP contribution in [0.15, 0.2) is 0 Å². The summed E-state index contributed by atoms with van der Waals surface area (Å²) in [6.45, 7) is 7.04. The Morgan fingerprint density at radius 2 is 1.76 bits per heavy atom. The molecule has 0 aromatic rings. The molecule has 0 saturated heterocycles. The lowest BCUT2D eigenvalue weighted by molar-refractivity contribution is -0.143. The zero-order chi connectivity index (χ0) is 16.0. The van der Waals surface area contributed by atoms with Crippen molar-refractivity contribution in [2.75, 3.05) is 13.6 Å². The highest BCUT2D eigenvalue weighted by atomic mass is 16.4. The number of carbonyl (C=O) groups is 2. The van der Waals surface area contributed by atoms with E-state index >= 15 is 0 Å². The first-order valence-corrected chi connectivity index (χ1v) is 8.04. The third-order valence-electron chi connectivity index (χ3n) is 4.53. The quantitative estimate of drug-likeness (QED) is 0.792. The van der Waals surface area contributed by atoms with Gasteiger partial charge in [0.1, 0.15) is 0 Å². The van der Waals surface area contributed by atoms with Crippen molar-refractivity contribution in [3.05, 3.63) is 0 Å². The molecule has 0 aliphatic heterocycles. The lowest BCUT2D eigenvalue weighted by Crippen LogP contribution is -2.44. The Balaban J connectivity index is 2.29. The lowest BCUT2D eigenvalue weighted by Gasteiger charge is -2.29. The Hall–Kier alpha value is -1.26. The van der Waals surface area contributed by atoms with Crippen LogP contribution in [0.4, 0.5) is 4.79 Å². The molecule has 5 nitrogen and oxygen atoms in total. The van der Waals surface area contributed by atoms with E-state index in [1.54, 1.807) is 4.90 Å². The van der Waals surface area contributed by atoms with Gasteiger partial charge in [-0.3, -0.25) is 4.79 Å². The molecule has 0 aromatic carbocycles. The van der Waals surface area contributed by atoms with Gasteiger partial charge in [0.15, 0.2) is 0 Å². The first-order valence-electron chi connectivity index (χ1n) is 8.04. The number of amides is 2. The van der Waals surface area contributed by atoms with Crippen molar-refractivity contribution in [1.82, 2.24) is 10.2 Å². The number of hydrogen-bond acceptors (Lipinski definition) is 2. The molecule has 0 bridgehead atoms.